The van der Waals surface area contributed by atoms with E-state index < -0.39 is 0 Å². The van der Waals surface area contributed by atoms with Crippen molar-refractivity contribution >= 4 is 10.9 Å². The number of para-hydroxylation sites is 1. The average molecular weight is 268 g/mol. The van der Waals surface area contributed by atoms with E-state index in [1.807, 2.05) is 11.7 Å². The largest absolute Gasteiger partial charge is 0.348 e. The predicted octanol–water partition coefficient (Wildman–Crippen LogP) is 2.53. The Labute approximate surface area is 119 Å². The van der Waals surface area contributed by atoms with E-state index in [1.54, 1.807) is 0 Å². The van der Waals surface area contributed by atoms with Gasteiger partial charge in [-0.25, -0.2) is 0 Å². The van der Waals surface area contributed by atoms with E-state index in [-0.39, 0.29) is 0 Å². The number of nitrogens with zero attached hydrogens (tertiary/aromatic N) is 3. The minimum absolute atomic E-state index is 0.813. The van der Waals surface area contributed by atoms with Gasteiger partial charge in [-0.15, -0.1) is 0 Å². The van der Waals surface area contributed by atoms with Gasteiger partial charge in [0.1, 0.15) is 0 Å². The predicted molar refractivity (Wildman–Crippen MR) is 81.6 cm³/mol. The molecule has 0 aliphatic carbocycles. The zero-order valence-electron chi connectivity index (χ0n) is 12.0. The second-order valence-electron chi connectivity index (χ2n) is 5.06. The Morgan fingerprint density at radius 1 is 1.20 bits per heavy atom. The Morgan fingerprint density at radius 2 is 2.05 bits per heavy atom. The first kappa shape index (κ1) is 12.9. The lowest BCUT2D eigenvalue weighted by Gasteiger charge is -2.01. The minimum Gasteiger partial charge on any atom is -0.348 e. The Hall–Kier alpha value is -2.07. The molecule has 0 fully saturated rings. The number of benzene rings is 1. The molecule has 2 heterocycles. The van der Waals surface area contributed by atoms with Crippen LogP contribution in [-0.2, 0) is 20.1 Å². The fraction of sp³-hybridized carbons (Fsp3) is 0.312. The maximum absolute atomic E-state index is 4.64. The van der Waals surface area contributed by atoms with Gasteiger partial charge in [-0.2, -0.15) is 5.10 Å². The van der Waals surface area contributed by atoms with Gasteiger partial charge in [-0.3, -0.25) is 4.68 Å². The second kappa shape index (κ2) is 5.51. The molecule has 0 radical (unpaired) electrons. The SMILES string of the molecule is CCNCc1ccn(Cc2nn(C)c3ccccc23)c1. The third-order valence-corrected chi connectivity index (χ3v) is 3.56. The van der Waals surface area contributed by atoms with Gasteiger partial charge in [-0.1, -0.05) is 25.1 Å². The summed E-state index contributed by atoms with van der Waals surface area (Å²) in [6.45, 7) is 4.85. The van der Waals surface area contributed by atoms with E-state index in [4.69, 9.17) is 0 Å². The van der Waals surface area contributed by atoms with Crippen LogP contribution in [0.25, 0.3) is 10.9 Å². The van der Waals surface area contributed by atoms with Gasteiger partial charge in [0.15, 0.2) is 0 Å². The lowest BCUT2D eigenvalue weighted by molar-refractivity contribution is 0.708. The molecule has 2 aromatic heterocycles. The van der Waals surface area contributed by atoms with E-state index in [0.29, 0.717) is 0 Å². The highest BCUT2D eigenvalue weighted by atomic mass is 15.3. The first-order chi connectivity index (χ1) is 9.78. The van der Waals surface area contributed by atoms with Gasteiger partial charge in [0.2, 0.25) is 0 Å². The van der Waals surface area contributed by atoms with Gasteiger partial charge in [0.05, 0.1) is 17.8 Å². The van der Waals surface area contributed by atoms with Gasteiger partial charge in [0.25, 0.3) is 0 Å². The summed E-state index contributed by atoms with van der Waals surface area (Å²) >= 11 is 0. The van der Waals surface area contributed by atoms with Crippen molar-refractivity contribution in [1.82, 2.24) is 19.7 Å². The van der Waals surface area contributed by atoms with Gasteiger partial charge >= 0.3 is 0 Å². The Morgan fingerprint density at radius 3 is 2.90 bits per heavy atom. The molecule has 104 valence electrons. The summed E-state index contributed by atoms with van der Waals surface area (Å²) in [4.78, 5) is 0. The normalized spacial score (nSPS) is 11.3. The second-order valence-corrected chi connectivity index (χ2v) is 5.06. The summed E-state index contributed by atoms with van der Waals surface area (Å²) in [6.07, 6.45) is 4.31. The molecule has 0 saturated heterocycles. The monoisotopic (exact) mass is 268 g/mol. The first-order valence-corrected chi connectivity index (χ1v) is 7.04. The average Bonchev–Trinajstić information content (AvgIpc) is 3.03. The molecule has 0 saturated carbocycles. The molecule has 0 aliphatic heterocycles. The maximum atomic E-state index is 4.64. The number of fused-ring (bicyclic) bond motifs is 1. The number of aryl methyl sites for hydroxylation is 1. The third kappa shape index (κ3) is 2.47. The lowest BCUT2D eigenvalue weighted by Crippen LogP contribution is -2.11. The minimum atomic E-state index is 0.813. The zero-order chi connectivity index (χ0) is 13.9. The molecule has 0 aliphatic rings. The molecule has 0 unspecified atom stereocenters. The summed E-state index contributed by atoms with van der Waals surface area (Å²) in [6, 6.07) is 10.5. The molecule has 0 spiro atoms. The first-order valence-electron chi connectivity index (χ1n) is 7.04. The summed E-state index contributed by atoms with van der Waals surface area (Å²) in [5.41, 5.74) is 3.61. The van der Waals surface area contributed by atoms with Crippen molar-refractivity contribution < 1.29 is 0 Å². The van der Waals surface area contributed by atoms with Gasteiger partial charge < -0.3 is 9.88 Å². The van der Waals surface area contributed by atoms with Crippen molar-refractivity contribution in [2.75, 3.05) is 6.54 Å². The number of aromatic nitrogens is 3. The highest BCUT2D eigenvalue weighted by Crippen LogP contribution is 2.18. The molecule has 0 amide bonds. The van der Waals surface area contributed by atoms with Crippen LogP contribution in [0.2, 0.25) is 0 Å². The molecule has 0 atom stereocenters. The van der Waals surface area contributed by atoms with Crippen LogP contribution in [0, 0.1) is 0 Å². The number of nitrogens with one attached hydrogen (secondary N) is 1. The Balaban J connectivity index is 1.84. The number of hydrogen-bond donors (Lipinski definition) is 1. The van der Waals surface area contributed by atoms with E-state index in [1.165, 1.54) is 16.5 Å². The molecule has 3 rings (SSSR count). The van der Waals surface area contributed by atoms with Crippen LogP contribution in [-0.4, -0.2) is 20.9 Å². The van der Waals surface area contributed by atoms with Crippen molar-refractivity contribution in [3.05, 3.63) is 54.0 Å². The van der Waals surface area contributed by atoms with E-state index in [9.17, 15) is 0 Å². The van der Waals surface area contributed by atoms with Crippen LogP contribution in [0.3, 0.4) is 0 Å². The van der Waals surface area contributed by atoms with Crippen LogP contribution in [0.5, 0.6) is 0 Å². The maximum Gasteiger partial charge on any atom is 0.0900 e. The van der Waals surface area contributed by atoms with E-state index in [2.05, 4.69) is 64.6 Å². The van der Waals surface area contributed by atoms with Crippen molar-refractivity contribution in [2.45, 2.75) is 20.0 Å². The van der Waals surface area contributed by atoms with Crippen LogP contribution < -0.4 is 5.32 Å². The van der Waals surface area contributed by atoms with Gasteiger partial charge in [-0.05, 0) is 24.2 Å². The van der Waals surface area contributed by atoms with Crippen LogP contribution in [0.15, 0.2) is 42.7 Å². The summed E-state index contributed by atoms with van der Waals surface area (Å²) in [7, 11) is 2.00. The smallest absolute Gasteiger partial charge is 0.0900 e. The van der Waals surface area contributed by atoms with Crippen molar-refractivity contribution in [1.29, 1.82) is 0 Å². The standard InChI is InChI=1S/C16H20N4/c1-3-17-10-13-8-9-20(11-13)12-15-14-6-4-5-7-16(14)19(2)18-15/h4-9,11,17H,3,10,12H2,1-2H3. The molecular weight excluding hydrogens is 248 g/mol. The number of hydrogen-bond acceptors (Lipinski definition) is 2. The van der Waals surface area contributed by atoms with Crippen molar-refractivity contribution in [3.8, 4) is 0 Å². The Kier molecular flexibility index (Phi) is 3.56. The molecule has 20 heavy (non-hydrogen) atoms. The molecule has 0 bridgehead atoms. The summed E-state index contributed by atoms with van der Waals surface area (Å²) in [5, 5.41) is 9.21. The Bertz CT molecular complexity index is 708. The molecule has 4 nitrogen and oxygen atoms in total. The molecule has 1 N–H and O–H groups in total. The number of rotatable bonds is 5. The van der Waals surface area contributed by atoms with Crippen molar-refractivity contribution in [3.63, 3.8) is 0 Å². The molecular formula is C16H20N4. The molecule has 1 aromatic carbocycles. The quantitative estimate of drug-likeness (QED) is 0.771. The van der Waals surface area contributed by atoms with E-state index in [0.717, 1.165) is 25.3 Å². The van der Waals surface area contributed by atoms with Crippen LogP contribution in [0.4, 0.5) is 0 Å². The molecule has 4 heteroatoms. The zero-order valence-corrected chi connectivity index (χ0v) is 12.0. The van der Waals surface area contributed by atoms with Crippen LogP contribution in [0.1, 0.15) is 18.2 Å². The third-order valence-electron chi connectivity index (χ3n) is 3.56. The topological polar surface area (TPSA) is 34.8 Å². The highest BCUT2D eigenvalue weighted by Gasteiger charge is 2.08. The van der Waals surface area contributed by atoms with Crippen molar-refractivity contribution in [2.24, 2.45) is 7.05 Å². The van der Waals surface area contributed by atoms with Gasteiger partial charge in [0, 0.05) is 31.4 Å². The fourth-order valence-corrected chi connectivity index (χ4v) is 2.54. The molecule has 3 aromatic rings. The summed E-state index contributed by atoms with van der Waals surface area (Å²) < 4.78 is 4.15. The summed E-state index contributed by atoms with van der Waals surface area (Å²) in [5.74, 6) is 0. The van der Waals surface area contributed by atoms with Crippen LogP contribution >= 0.6 is 0 Å². The van der Waals surface area contributed by atoms with E-state index >= 15 is 0 Å². The fourth-order valence-electron chi connectivity index (χ4n) is 2.54. The highest BCUT2D eigenvalue weighted by molar-refractivity contribution is 5.81. The lowest BCUT2D eigenvalue weighted by atomic mass is 10.2.